The van der Waals surface area contributed by atoms with E-state index in [2.05, 4.69) is 5.32 Å². The first-order valence-electron chi connectivity index (χ1n) is 9.58. The van der Waals surface area contributed by atoms with Crippen LogP contribution in [-0.2, 0) is 14.3 Å². The van der Waals surface area contributed by atoms with Gasteiger partial charge in [0.15, 0.2) is 0 Å². The minimum atomic E-state index is -0.417. The number of nitrogens with zero attached hydrogens (tertiary/aromatic N) is 1. The van der Waals surface area contributed by atoms with Crippen molar-refractivity contribution < 1.29 is 23.8 Å². The van der Waals surface area contributed by atoms with Gasteiger partial charge in [0.05, 0.1) is 19.6 Å². The smallest absolute Gasteiger partial charge is 0.229 e. The highest BCUT2D eigenvalue weighted by atomic mass is 16.5. The number of nitrogens with one attached hydrogen (secondary N) is 1. The summed E-state index contributed by atoms with van der Waals surface area (Å²) < 4.78 is 15.9. The Kier molecular flexibility index (Phi) is 7.08. The summed E-state index contributed by atoms with van der Waals surface area (Å²) in [7, 11) is 3.23. The van der Waals surface area contributed by atoms with Gasteiger partial charge in [0.2, 0.25) is 11.8 Å². The van der Waals surface area contributed by atoms with E-state index < -0.39 is 5.92 Å². The predicted molar refractivity (Wildman–Crippen MR) is 111 cm³/mol. The zero-order chi connectivity index (χ0) is 20.6. The van der Waals surface area contributed by atoms with E-state index in [4.69, 9.17) is 14.2 Å². The molecule has 29 heavy (non-hydrogen) atoms. The van der Waals surface area contributed by atoms with E-state index in [1.54, 1.807) is 37.3 Å². The van der Waals surface area contributed by atoms with Crippen LogP contribution < -0.4 is 19.7 Å². The molecule has 2 aromatic rings. The highest BCUT2D eigenvalue weighted by Crippen LogP contribution is 2.29. The third-order valence-corrected chi connectivity index (χ3v) is 4.72. The van der Waals surface area contributed by atoms with Gasteiger partial charge in [0, 0.05) is 56.6 Å². The van der Waals surface area contributed by atoms with Crippen molar-refractivity contribution in [2.45, 2.75) is 12.8 Å². The quantitative estimate of drug-likeness (QED) is 0.657. The minimum Gasteiger partial charge on any atom is -0.497 e. The fraction of sp³-hybridized carbons (Fsp3) is 0.364. The van der Waals surface area contributed by atoms with Gasteiger partial charge in [-0.05, 0) is 24.3 Å². The molecule has 1 fully saturated rings. The molecule has 2 amide bonds. The number of anilines is 2. The average molecular weight is 398 g/mol. The molecule has 2 aromatic carbocycles. The van der Waals surface area contributed by atoms with Crippen molar-refractivity contribution in [3.05, 3.63) is 48.5 Å². The van der Waals surface area contributed by atoms with E-state index in [9.17, 15) is 9.59 Å². The largest absolute Gasteiger partial charge is 0.497 e. The Labute approximate surface area is 170 Å². The first-order chi connectivity index (χ1) is 14.1. The maximum Gasteiger partial charge on any atom is 0.229 e. The molecule has 0 saturated carbocycles. The van der Waals surface area contributed by atoms with Crippen molar-refractivity contribution in [1.29, 1.82) is 0 Å². The second-order valence-corrected chi connectivity index (χ2v) is 6.82. The van der Waals surface area contributed by atoms with Gasteiger partial charge in [0.1, 0.15) is 11.5 Å². The number of carbonyl (C=O) groups is 2. The van der Waals surface area contributed by atoms with Gasteiger partial charge >= 0.3 is 0 Å². The summed E-state index contributed by atoms with van der Waals surface area (Å²) >= 11 is 0. The zero-order valence-corrected chi connectivity index (χ0v) is 16.7. The lowest BCUT2D eigenvalue weighted by Gasteiger charge is -2.17. The van der Waals surface area contributed by atoms with Gasteiger partial charge in [-0.15, -0.1) is 0 Å². The Morgan fingerprint density at radius 1 is 1.10 bits per heavy atom. The van der Waals surface area contributed by atoms with Gasteiger partial charge in [-0.25, -0.2) is 0 Å². The molecular formula is C22H26N2O5. The van der Waals surface area contributed by atoms with Crippen LogP contribution >= 0.6 is 0 Å². The lowest BCUT2D eigenvalue weighted by atomic mass is 10.1. The molecule has 1 saturated heterocycles. The molecule has 0 aromatic heterocycles. The van der Waals surface area contributed by atoms with Crippen LogP contribution in [-0.4, -0.2) is 45.8 Å². The van der Waals surface area contributed by atoms with Crippen LogP contribution in [0.15, 0.2) is 48.5 Å². The van der Waals surface area contributed by atoms with Crippen LogP contribution in [0.5, 0.6) is 11.5 Å². The Balaban J connectivity index is 1.59. The topological polar surface area (TPSA) is 77.1 Å². The van der Waals surface area contributed by atoms with Crippen LogP contribution in [0, 0.1) is 5.92 Å². The molecule has 0 radical (unpaired) electrons. The number of hydrogen-bond donors (Lipinski definition) is 1. The second-order valence-electron chi connectivity index (χ2n) is 6.82. The monoisotopic (exact) mass is 398 g/mol. The summed E-state index contributed by atoms with van der Waals surface area (Å²) in [6.45, 7) is 1.51. The molecular weight excluding hydrogens is 372 g/mol. The van der Waals surface area contributed by atoms with Gasteiger partial charge in [-0.1, -0.05) is 12.1 Å². The summed E-state index contributed by atoms with van der Waals surface area (Å²) in [6, 6.07) is 14.5. The van der Waals surface area contributed by atoms with Crippen LogP contribution in [0.1, 0.15) is 12.8 Å². The fourth-order valence-electron chi connectivity index (χ4n) is 3.21. The van der Waals surface area contributed by atoms with Crippen molar-refractivity contribution in [2.75, 3.05) is 44.2 Å². The van der Waals surface area contributed by atoms with Crippen LogP contribution in [0.2, 0.25) is 0 Å². The van der Waals surface area contributed by atoms with E-state index in [-0.39, 0.29) is 18.2 Å². The molecule has 1 atom stereocenters. The summed E-state index contributed by atoms with van der Waals surface area (Å²) in [5.41, 5.74) is 1.38. The van der Waals surface area contributed by atoms with Crippen molar-refractivity contribution in [3.8, 4) is 11.5 Å². The molecule has 0 unspecified atom stereocenters. The first-order valence-corrected chi connectivity index (χ1v) is 9.58. The normalized spacial score (nSPS) is 16.0. The van der Waals surface area contributed by atoms with Gasteiger partial charge in [-0.2, -0.15) is 0 Å². The standard InChI is InChI=1S/C22H26N2O5/c1-27-10-5-11-29-20-9-3-6-17(13-20)23-22(26)16-12-21(25)24(15-16)18-7-4-8-19(14-18)28-2/h3-4,6-9,13-14,16H,5,10-12,15H2,1-2H3,(H,23,26)/t16-/m0/s1. The highest BCUT2D eigenvalue weighted by Gasteiger charge is 2.35. The third kappa shape index (κ3) is 5.48. The minimum absolute atomic E-state index is 0.0753. The lowest BCUT2D eigenvalue weighted by Crippen LogP contribution is -2.28. The van der Waals surface area contributed by atoms with Crippen molar-refractivity contribution in [1.82, 2.24) is 0 Å². The Morgan fingerprint density at radius 3 is 2.69 bits per heavy atom. The maximum absolute atomic E-state index is 12.7. The molecule has 0 spiro atoms. The second kappa shape index (κ2) is 9.93. The molecule has 0 bridgehead atoms. The molecule has 1 heterocycles. The summed E-state index contributed by atoms with van der Waals surface area (Å²) in [6.07, 6.45) is 0.966. The average Bonchev–Trinajstić information content (AvgIpc) is 3.13. The van der Waals surface area contributed by atoms with Crippen LogP contribution in [0.25, 0.3) is 0 Å². The van der Waals surface area contributed by atoms with Crippen LogP contribution in [0.3, 0.4) is 0 Å². The molecule has 3 rings (SSSR count). The fourth-order valence-corrected chi connectivity index (χ4v) is 3.21. The van der Waals surface area contributed by atoms with Gasteiger partial charge in [0.25, 0.3) is 0 Å². The van der Waals surface area contributed by atoms with Gasteiger partial charge in [-0.3, -0.25) is 9.59 Å². The number of benzene rings is 2. The van der Waals surface area contributed by atoms with Crippen molar-refractivity contribution in [2.24, 2.45) is 5.92 Å². The van der Waals surface area contributed by atoms with Crippen LogP contribution in [0.4, 0.5) is 11.4 Å². The number of methoxy groups -OCH3 is 2. The number of amides is 2. The SMILES string of the molecule is COCCCOc1cccc(NC(=O)[C@H]2CC(=O)N(c3cccc(OC)c3)C2)c1. The Bertz CT molecular complexity index is 855. The molecule has 0 aliphatic carbocycles. The van der Waals surface area contributed by atoms with E-state index >= 15 is 0 Å². The number of rotatable bonds is 9. The first kappa shape index (κ1) is 20.7. The molecule has 1 aliphatic rings. The third-order valence-electron chi connectivity index (χ3n) is 4.72. The molecule has 154 valence electrons. The summed E-state index contributed by atoms with van der Waals surface area (Å²) in [5, 5.41) is 2.89. The summed E-state index contributed by atoms with van der Waals surface area (Å²) in [5.74, 6) is 0.679. The van der Waals surface area contributed by atoms with E-state index in [0.717, 1.165) is 12.1 Å². The van der Waals surface area contributed by atoms with E-state index in [0.29, 0.717) is 36.9 Å². The molecule has 1 N–H and O–H groups in total. The number of hydrogen-bond acceptors (Lipinski definition) is 5. The highest BCUT2D eigenvalue weighted by molar-refractivity contribution is 6.03. The Hall–Kier alpha value is -3.06. The molecule has 1 aliphatic heterocycles. The number of carbonyl (C=O) groups excluding carboxylic acids is 2. The Morgan fingerprint density at radius 2 is 1.90 bits per heavy atom. The van der Waals surface area contributed by atoms with Crippen molar-refractivity contribution in [3.63, 3.8) is 0 Å². The lowest BCUT2D eigenvalue weighted by molar-refractivity contribution is -0.122. The number of ether oxygens (including phenoxy) is 3. The van der Waals surface area contributed by atoms with E-state index in [1.807, 2.05) is 30.3 Å². The van der Waals surface area contributed by atoms with Crippen molar-refractivity contribution >= 4 is 23.2 Å². The summed E-state index contributed by atoms with van der Waals surface area (Å²) in [4.78, 5) is 26.8. The predicted octanol–water partition coefficient (Wildman–Crippen LogP) is 3.10. The maximum atomic E-state index is 12.7. The van der Waals surface area contributed by atoms with Gasteiger partial charge < -0.3 is 24.4 Å². The zero-order valence-electron chi connectivity index (χ0n) is 16.7. The molecule has 7 heteroatoms. The van der Waals surface area contributed by atoms with E-state index in [1.165, 1.54) is 0 Å². The molecule has 7 nitrogen and oxygen atoms in total.